The first-order chi connectivity index (χ1) is 9.06. The Bertz CT molecular complexity index is 543. The highest BCUT2D eigenvalue weighted by atomic mass is 19.1. The molecule has 1 atom stereocenters. The molecule has 0 saturated heterocycles. The second-order valence-corrected chi connectivity index (χ2v) is 4.44. The van der Waals surface area contributed by atoms with E-state index in [9.17, 15) is 19.3 Å². The topological polar surface area (TPSA) is 72.2 Å². The molecule has 5 nitrogen and oxygen atoms in total. The number of benzene rings is 1. The van der Waals surface area contributed by atoms with Crippen LogP contribution in [0.4, 0.5) is 15.8 Å². The van der Waals surface area contributed by atoms with E-state index < -0.39 is 10.7 Å². The SMILES string of the molecule is O=C(CC1C=CCC1)Nc1cc([N+](=O)[O-])ccc1F. The number of anilines is 1. The van der Waals surface area contributed by atoms with Crippen molar-refractivity contribution in [2.24, 2.45) is 5.92 Å². The van der Waals surface area contributed by atoms with Crippen LogP contribution in [0.2, 0.25) is 0 Å². The first-order valence-corrected chi connectivity index (χ1v) is 5.96. The highest BCUT2D eigenvalue weighted by Gasteiger charge is 2.17. The molecule has 1 aliphatic rings. The number of allylic oxidation sites excluding steroid dienone is 2. The highest BCUT2D eigenvalue weighted by Crippen LogP contribution is 2.24. The monoisotopic (exact) mass is 264 g/mol. The molecule has 1 aliphatic carbocycles. The molecule has 0 bridgehead atoms. The van der Waals surface area contributed by atoms with Crippen molar-refractivity contribution in [3.8, 4) is 0 Å². The molecule has 19 heavy (non-hydrogen) atoms. The number of nitro groups is 1. The number of halogens is 1. The molecule has 1 amide bonds. The Hall–Kier alpha value is -2.24. The number of nitrogens with one attached hydrogen (secondary N) is 1. The molecule has 0 aliphatic heterocycles. The van der Waals surface area contributed by atoms with Crippen molar-refractivity contribution in [3.05, 3.63) is 46.3 Å². The maximum absolute atomic E-state index is 13.5. The Morgan fingerprint density at radius 1 is 1.53 bits per heavy atom. The van der Waals surface area contributed by atoms with Gasteiger partial charge < -0.3 is 5.32 Å². The van der Waals surface area contributed by atoms with Gasteiger partial charge in [-0.15, -0.1) is 0 Å². The van der Waals surface area contributed by atoms with Gasteiger partial charge in [-0.05, 0) is 24.8 Å². The third-order valence-corrected chi connectivity index (χ3v) is 2.99. The van der Waals surface area contributed by atoms with E-state index in [0.717, 1.165) is 31.0 Å². The van der Waals surface area contributed by atoms with Crippen LogP contribution in [0.5, 0.6) is 0 Å². The van der Waals surface area contributed by atoms with E-state index in [1.807, 2.05) is 12.2 Å². The van der Waals surface area contributed by atoms with Crippen LogP contribution in [0.25, 0.3) is 0 Å². The number of carbonyl (C=O) groups excluding carboxylic acids is 1. The Labute approximate surface area is 109 Å². The summed E-state index contributed by atoms with van der Waals surface area (Å²) in [5.41, 5.74) is -0.404. The zero-order valence-corrected chi connectivity index (χ0v) is 10.1. The average molecular weight is 264 g/mol. The third-order valence-electron chi connectivity index (χ3n) is 2.99. The lowest BCUT2D eigenvalue weighted by Crippen LogP contribution is -2.15. The molecule has 0 aromatic heterocycles. The quantitative estimate of drug-likeness (QED) is 0.516. The van der Waals surface area contributed by atoms with Crippen molar-refractivity contribution in [2.75, 3.05) is 5.32 Å². The predicted octanol–water partition coefficient (Wildman–Crippen LogP) is 3.03. The fraction of sp³-hybridized carbons (Fsp3) is 0.308. The molecule has 0 spiro atoms. The molecular formula is C13H13FN2O3. The van der Waals surface area contributed by atoms with Crippen molar-refractivity contribution < 1.29 is 14.1 Å². The number of nitro benzene ring substituents is 1. The summed E-state index contributed by atoms with van der Waals surface area (Å²) in [6.45, 7) is 0. The summed E-state index contributed by atoms with van der Waals surface area (Å²) in [6, 6.07) is 3.06. The molecule has 0 saturated carbocycles. The minimum atomic E-state index is -0.680. The number of amides is 1. The lowest BCUT2D eigenvalue weighted by atomic mass is 10.1. The van der Waals surface area contributed by atoms with Gasteiger partial charge in [-0.2, -0.15) is 0 Å². The number of non-ortho nitro benzene ring substituents is 1. The summed E-state index contributed by atoms with van der Waals surface area (Å²) in [5.74, 6) is -0.848. The summed E-state index contributed by atoms with van der Waals surface area (Å²) < 4.78 is 13.5. The summed E-state index contributed by atoms with van der Waals surface area (Å²) >= 11 is 0. The maximum atomic E-state index is 13.5. The molecule has 100 valence electrons. The van der Waals surface area contributed by atoms with E-state index in [2.05, 4.69) is 5.32 Å². The molecule has 0 radical (unpaired) electrons. The maximum Gasteiger partial charge on any atom is 0.271 e. The number of hydrogen-bond acceptors (Lipinski definition) is 3. The smallest absolute Gasteiger partial charge is 0.271 e. The van der Waals surface area contributed by atoms with Gasteiger partial charge in [0.15, 0.2) is 0 Å². The number of carbonyl (C=O) groups is 1. The Morgan fingerprint density at radius 3 is 2.95 bits per heavy atom. The minimum absolute atomic E-state index is 0.152. The van der Waals surface area contributed by atoms with Crippen LogP contribution >= 0.6 is 0 Å². The molecule has 6 heteroatoms. The van der Waals surface area contributed by atoms with Gasteiger partial charge in [0.2, 0.25) is 5.91 Å². The fourth-order valence-electron chi connectivity index (χ4n) is 2.03. The van der Waals surface area contributed by atoms with Gasteiger partial charge in [0.25, 0.3) is 5.69 Å². The lowest BCUT2D eigenvalue weighted by molar-refractivity contribution is -0.384. The molecule has 1 N–H and O–H groups in total. The normalized spacial score (nSPS) is 17.4. The Balaban J connectivity index is 2.05. The molecule has 1 unspecified atom stereocenters. The fourth-order valence-corrected chi connectivity index (χ4v) is 2.03. The van der Waals surface area contributed by atoms with Crippen molar-refractivity contribution in [1.82, 2.24) is 0 Å². The molecule has 2 rings (SSSR count). The average Bonchev–Trinajstić information content (AvgIpc) is 2.84. The van der Waals surface area contributed by atoms with Crippen molar-refractivity contribution in [3.63, 3.8) is 0 Å². The van der Waals surface area contributed by atoms with E-state index in [0.29, 0.717) is 0 Å². The standard InChI is InChI=1S/C13H13FN2O3/c14-11-6-5-10(16(18)19)8-12(11)15-13(17)7-9-3-1-2-4-9/h1,3,5-6,8-9H,2,4,7H2,(H,15,17). The van der Waals surface area contributed by atoms with Gasteiger partial charge in [0.05, 0.1) is 10.6 Å². The van der Waals surface area contributed by atoms with Gasteiger partial charge in [-0.1, -0.05) is 12.2 Å². The molecule has 1 aromatic carbocycles. The second kappa shape index (κ2) is 5.60. The van der Waals surface area contributed by atoms with Crippen LogP contribution in [-0.4, -0.2) is 10.8 Å². The largest absolute Gasteiger partial charge is 0.323 e. The Morgan fingerprint density at radius 2 is 2.32 bits per heavy atom. The van der Waals surface area contributed by atoms with Gasteiger partial charge in [0.1, 0.15) is 5.82 Å². The first-order valence-electron chi connectivity index (χ1n) is 5.96. The third kappa shape index (κ3) is 3.37. The molecule has 0 heterocycles. The lowest BCUT2D eigenvalue weighted by Gasteiger charge is -2.09. The van der Waals surface area contributed by atoms with E-state index >= 15 is 0 Å². The van der Waals surface area contributed by atoms with Crippen LogP contribution in [0, 0.1) is 21.8 Å². The van der Waals surface area contributed by atoms with Crippen LogP contribution < -0.4 is 5.32 Å². The van der Waals surface area contributed by atoms with Gasteiger partial charge in [-0.3, -0.25) is 14.9 Å². The van der Waals surface area contributed by atoms with Crippen molar-refractivity contribution >= 4 is 17.3 Å². The summed E-state index contributed by atoms with van der Waals surface area (Å²) in [4.78, 5) is 21.7. The number of nitrogens with zero attached hydrogens (tertiary/aromatic N) is 1. The summed E-state index contributed by atoms with van der Waals surface area (Å²) in [6.07, 6.45) is 6.09. The van der Waals surface area contributed by atoms with E-state index in [4.69, 9.17) is 0 Å². The van der Waals surface area contributed by atoms with E-state index in [-0.39, 0.29) is 29.6 Å². The Kier molecular flexibility index (Phi) is 3.89. The van der Waals surface area contributed by atoms with Gasteiger partial charge >= 0.3 is 0 Å². The zero-order valence-electron chi connectivity index (χ0n) is 10.1. The minimum Gasteiger partial charge on any atom is -0.323 e. The molecular weight excluding hydrogens is 251 g/mol. The van der Waals surface area contributed by atoms with Crippen LogP contribution in [0.1, 0.15) is 19.3 Å². The van der Waals surface area contributed by atoms with Gasteiger partial charge in [0, 0.05) is 18.6 Å². The first kappa shape index (κ1) is 13.2. The van der Waals surface area contributed by atoms with E-state index in [1.165, 1.54) is 0 Å². The number of rotatable bonds is 4. The summed E-state index contributed by atoms with van der Waals surface area (Å²) in [5, 5.41) is 13.0. The highest BCUT2D eigenvalue weighted by molar-refractivity contribution is 5.91. The van der Waals surface area contributed by atoms with Crippen LogP contribution in [0.3, 0.4) is 0 Å². The second-order valence-electron chi connectivity index (χ2n) is 4.44. The predicted molar refractivity (Wildman–Crippen MR) is 68.2 cm³/mol. The zero-order chi connectivity index (χ0) is 13.8. The molecule has 1 aromatic rings. The molecule has 0 fully saturated rings. The van der Waals surface area contributed by atoms with Crippen LogP contribution in [-0.2, 0) is 4.79 Å². The summed E-state index contributed by atoms with van der Waals surface area (Å²) in [7, 11) is 0. The van der Waals surface area contributed by atoms with E-state index in [1.54, 1.807) is 0 Å². The van der Waals surface area contributed by atoms with Crippen molar-refractivity contribution in [1.29, 1.82) is 0 Å². The number of hydrogen-bond donors (Lipinski definition) is 1. The van der Waals surface area contributed by atoms with Crippen LogP contribution in [0.15, 0.2) is 30.4 Å². The van der Waals surface area contributed by atoms with Crippen molar-refractivity contribution in [2.45, 2.75) is 19.3 Å². The van der Waals surface area contributed by atoms with Gasteiger partial charge in [-0.25, -0.2) is 4.39 Å².